The number of nitrogens with two attached hydrogens (primary N) is 1. The van der Waals surface area contributed by atoms with Gasteiger partial charge in [0.2, 0.25) is 0 Å². The predicted octanol–water partition coefficient (Wildman–Crippen LogP) is 1.49. The van der Waals surface area contributed by atoms with E-state index in [-0.39, 0.29) is 0 Å². The maximum Gasteiger partial charge on any atom is 0.104 e. The van der Waals surface area contributed by atoms with Crippen molar-refractivity contribution in [3.05, 3.63) is 0 Å². The molecule has 1 rings (SSSR count). The molecular formula is C11H21N3. The van der Waals surface area contributed by atoms with Crippen LogP contribution in [0.3, 0.4) is 0 Å². The molecule has 0 heterocycles. The third-order valence-corrected chi connectivity index (χ3v) is 3.16. The van der Waals surface area contributed by atoms with Gasteiger partial charge < -0.3 is 10.6 Å². The van der Waals surface area contributed by atoms with Crippen molar-refractivity contribution in [2.24, 2.45) is 5.73 Å². The second kappa shape index (κ2) is 4.77. The fraction of sp³-hybridized carbons (Fsp3) is 0.909. The van der Waals surface area contributed by atoms with Gasteiger partial charge in [-0.3, -0.25) is 0 Å². The van der Waals surface area contributed by atoms with Crippen molar-refractivity contribution >= 4 is 0 Å². The molecule has 0 aromatic heterocycles. The summed E-state index contributed by atoms with van der Waals surface area (Å²) in [5, 5.41) is 8.88. The van der Waals surface area contributed by atoms with Crippen LogP contribution in [0.1, 0.15) is 39.0 Å². The van der Waals surface area contributed by atoms with Crippen molar-refractivity contribution in [1.29, 1.82) is 5.26 Å². The Kier molecular flexibility index (Phi) is 3.91. The highest BCUT2D eigenvalue weighted by Crippen LogP contribution is 2.25. The number of hydrogen-bond acceptors (Lipinski definition) is 3. The van der Waals surface area contributed by atoms with E-state index in [2.05, 4.69) is 18.0 Å². The van der Waals surface area contributed by atoms with Gasteiger partial charge in [-0.25, -0.2) is 0 Å². The van der Waals surface area contributed by atoms with Crippen molar-refractivity contribution < 1.29 is 0 Å². The number of rotatable bonds is 6. The van der Waals surface area contributed by atoms with Gasteiger partial charge in [-0.1, -0.05) is 6.92 Å². The molecule has 3 heteroatoms. The molecule has 0 radical (unpaired) electrons. The van der Waals surface area contributed by atoms with Crippen LogP contribution in [0.2, 0.25) is 0 Å². The Bertz CT molecular complexity index is 217. The van der Waals surface area contributed by atoms with Crippen molar-refractivity contribution in [2.45, 2.75) is 50.6 Å². The van der Waals surface area contributed by atoms with Crippen LogP contribution < -0.4 is 5.73 Å². The van der Waals surface area contributed by atoms with E-state index in [4.69, 9.17) is 11.0 Å². The fourth-order valence-corrected chi connectivity index (χ4v) is 1.65. The Balaban J connectivity index is 2.16. The minimum atomic E-state index is -0.593. The van der Waals surface area contributed by atoms with E-state index in [9.17, 15) is 0 Å². The molecule has 1 saturated carbocycles. The second-order valence-electron chi connectivity index (χ2n) is 4.44. The maximum absolute atomic E-state index is 8.88. The van der Waals surface area contributed by atoms with Crippen LogP contribution in [0.4, 0.5) is 0 Å². The van der Waals surface area contributed by atoms with Gasteiger partial charge in [0.05, 0.1) is 6.07 Å². The summed E-state index contributed by atoms with van der Waals surface area (Å²) >= 11 is 0. The molecule has 1 aliphatic carbocycles. The third kappa shape index (κ3) is 3.28. The second-order valence-corrected chi connectivity index (χ2v) is 4.44. The summed E-state index contributed by atoms with van der Waals surface area (Å²) < 4.78 is 0. The fourth-order valence-electron chi connectivity index (χ4n) is 1.65. The van der Waals surface area contributed by atoms with Gasteiger partial charge in [-0.2, -0.15) is 5.26 Å². The predicted molar refractivity (Wildman–Crippen MR) is 57.7 cm³/mol. The zero-order valence-corrected chi connectivity index (χ0v) is 9.29. The normalized spacial score (nSPS) is 20.5. The lowest BCUT2D eigenvalue weighted by Gasteiger charge is -2.21. The average molecular weight is 195 g/mol. The first-order chi connectivity index (χ1) is 6.61. The monoisotopic (exact) mass is 195 g/mol. The van der Waals surface area contributed by atoms with Crippen LogP contribution in [0.5, 0.6) is 0 Å². The Morgan fingerprint density at radius 3 is 2.64 bits per heavy atom. The van der Waals surface area contributed by atoms with E-state index < -0.39 is 5.54 Å². The maximum atomic E-state index is 8.88. The summed E-state index contributed by atoms with van der Waals surface area (Å²) in [7, 11) is 2.16. The molecule has 0 bridgehead atoms. The molecule has 14 heavy (non-hydrogen) atoms. The van der Waals surface area contributed by atoms with Gasteiger partial charge in [-0.15, -0.1) is 0 Å². The molecule has 3 nitrogen and oxygen atoms in total. The lowest BCUT2D eigenvalue weighted by atomic mass is 9.93. The third-order valence-electron chi connectivity index (χ3n) is 3.16. The average Bonchev–Trinajstić information content (AvgIpc) is 3.00. The van der Waals surface area contributed by atoms with Crippen LogP contribution in [-0.4, -0.2) is 30.1 Å². The Hall–Kier alpha value is -0.590. The molecule has 0 spiro atoms. The van der Waals surface area contributed by atoms with E-state index in [0.717, 1.165) is 31.8 Å². The van der Waals surface area contributed by atoms with Gasteiger partial charge in [0.15, 0.2) is 0 Å². The van der Waals surface area contributed by atoms with Gasteiger partial charge in [0.25, 0.3) is 0 Å². The number of hydrogen-bond donors (Lipinski definition) is 1. The molecule has 0 aromatic carbocycles. The first kappa shape index (κ1) is 11.5. The standard InChI is InChI=1S/C11H21N3/c1-3-11(13,9-12)7-4-8-14(2)10-5-6-10/h10H,3-8,13H2,1-2H3. The summed E-state index contributed by atoms with van der Waals surface area (Å²) in [5.74, 6) is 0. The summed E-state index contributed by atoms with van der Waals surface area (Å²) in [4.78, 5) is 2.38. The molecule has 1 fully saturated rings. The van der Waals surface area contributed by atoms with Gasteiger partial charge in [-0.05, 0) is 45.7 Å². The van der Waals surface area contributed by atoms with Crippen LogP contribution in [-0.2, 0) is 0 Å². The van der Waals surface area contributed by atoms with E-state index in [1.807, 2.05) is 6.92 Å². The highest BCUT2D eigenvalue weighted by molar-refractivity contribution is 5.03. The van der Waals surface area contributed by atoms with Crippen LogP contribution in [0.15, 0.2) is 0 Å². The lowest BCUT2D eigenvalue weighted by molar-refractivity contribution is 0.302. The van der Waals surface area contributed by atoms with Crippen molar-refractivity contribution in [1.82, 2.24) is 4.90 Å². The van der Waals surface area contributed by atoms with Gasteiger partial charge >= 0.3 is 0 Å². The molecule has 0 amide bonds. The molecule has 1 atom stereocenters. The van der Waals surface area contributed by atoms with Crippen molar-refractivity contribution in [3.8, 4) is 6.07 Å². The zero-order valence-electron chi connectivity index (χ0n) is 9.29. The van der Waals surface area contributed by atoms with Gasteiger partial charge in [0, 0.05) is 6.04 Å². The largest absolute Gasteiger partial charge is 0.313 e. The minimum Gasteiger partial charge on any atom is -0.313 e. The summed E-state index contributed by atoms with van der Waals surface area (Å²) in [6, 6.07) is 3.02. The Labute approximate surface area is 86.9 Å². The lowest BCUT2D eigenvalue weighted by Crippen LogP contribution is -2.38. The topological polar surface area (TPSA) is 53.1 Å². The van der Waals surface area contributed by atoms with Gasteiger partial charge in [0.1, 0.15) is 5.54 Å². The van der Waals surface area contributed by atoms with E-state index in [1.54, 1.807) is 0 Å². The SMILES string of the molecule is CCC(N)(C#N)CCCN(C)C1CC1. The van der Waals surface area contributed by atoms with Crippen molar-refractivity contribution in [2.75, 3.05) is 13.6 Å². The Morgan fingerprint density at radius 2 is 2.21 bits per heavy atom. The molecule has 80 valence electrons. The van der Waals surface area contributed by atoms with E-state index in [1.165, 1.54) is 12.8 Å². The quantitative estimate of drug-likeness (QED) is 0.698. The van der Waals surface area contributed by atoms with E-state index in [0.29, 0.717) is 0 Å². The van der Waals surface area contributed by atoms with Crippen LogP contribution in [0, 0.1) is 11.3 Å². The first-order valence-electron chi connectivity index (χ1n) is 5.51. The molecule has 0 aromatic rings. The molecule has 2 N–H and O–H groups in total. The minimum absolute atomic E-state index is 0.593. The molecule has 1 aliphatic rings. The summed E-state index contributed by atoms with van der Waals surface area (Å²) in [6.45, 7) is 3.05. The Morgan fingerprint density at radius 1 is 1.57 bits per heavy atom. The molecule has 1 unspecified atom stereocenters. The zero-order chi connectivity index (χ0) is 10.6. The van der Waals surface area contributed by atoms with E-state index >= 15 is 0 Å². The summed E-state index contributed by atoms with van der Waals surface area (Å²) in [5.41, 5.74) is 5.30. The smallest absolute Gasteiger partial charge is 0.104 e. The molecule has 0 saturated heterocycles. The molecular weight excluding hydrogens is 174 g/mol. The highest BCUT2D eigenvalue weighted by Gasteiger charge is 2.27. The number of nitriles is 1. The highest BCUT2D eigenvalue weighted by atomic mass is 15.1. The number of nitrogens with zero attached hydrogens (tertiary/aromatic N) is 2. The summed E-state index contributed by atoms with van der Waals surface area (Å²) in [6.07, 6.45) is 5.28. The van der Waals surface area contributed by atoms with Crippen molar-refractivity contribution in [3.63, 3.8) is 0 Å². The first-order valence-corrected chi connectivity index (χ1v) is 5.51. The van der Waals surface area contributed by atoms with Crippen LogP contribution >= 0.6 is 0 Å². The van der Waals surface area contributed by atoms with Crippen LogP contribution in [0.25, 0.3) is 0 Å². The molecule has 0 aliphatic heterocycles.